The zero-order valence-electron chi connectivity index (χ0n) is 11.2. The molecule has 0 saturated carbocycles. The van der Waals surface area contributed by atoms with E-state index in [1.807, 2.05) is 19.1 Å². The number of nitriles is 1. The molecular formula is C15H19N3O. The van der Waals surface area contributed by atoms with Crippen LogP contribution in [0.25, 0.3) is 0 Å². The maximum absolute atomic E-state index is 12.2. The van der Waals surface area contributed by atoms with Crippen molar-refractivity contribution in [1.82, 2.24) is 5.32 Å². The average molecular weight is 257 g/mol. The molecule has 0 aromatic heterocycles. The van der Waals surface area contributed by atoms with Gasteiger partial charge in [-0.3, -0.25) is 4.79 Å². The highest BCUT2D eigenvalue weighted by Gasteiger charge is 2.20. The van der Waals surface area contributed by atoms with Crippen molar-refractivity contribution in [2.45, 2.75) is 38.6 Å². The maximum Gasteiger partial charge on any atom is 0.241 e. The number of benzene rings is 1. The van der Waals surface area contributed by atoms with Gasteiger partial charge < -0.3 is 10.6 Å². The third-order valence-corrected chi connectivity index (χ3v) is 3.52. The fraction of sp³-hybridized carbons (Fsp3) is 0.467. The summed E-state index contributed by atoms with van der Waals surface area (Å²) in [5.41, 5.74) is 2.04. The van der Waals surface area contributed by atoms with Gasteiger partial charge in [-0.15, -0.1) is 0 Å². The highest BCUT2D eigenvalue weighted by Crippen LogP contribution is 2.19. The van der Waals surface area contributed by atoms with Gasteiger partial charge in [0, 0.05) is 0 Å². The summed E-state index contributed by atoms with van der Waals surface area (Å²) in [6.45, 7) is 2.76. The van der Waals surface area contributed by atoms with Crippen LogP contribution in [0.4, 0.5) is 5.69 Å². The molecule has 0 aliphatic carbocycles. The summed E-state index contributed by atoms with van der Waals surface area (Å²) in [6, 6.07) is 7.51. The Morgan fingerprint density at radius 2 is 2.26 bits per heavy atom. The van der Waals surface area contributed by atoms with Crippen molar-refractivity contribution in [2.24, 2.45) is 0 Å². The van der Waals surface area contributed by atoms with Gasteiger partial charge in [0.2, 0.25) is 5.91 Å². The fourth-order valence-corrected chi connectivity index (χ4v) is 2.39. The van der Waals surface area contributed by atoms with Crippen molar-refractivity contribution in [1.29, 1.82) is 5.26 Å². The Balaban J connectivity index is 2.10. The molecule has 1 amide bonds. The largest absolute Gasteiger partial charge is 0.324 e. The van der Waals surface area contributed by atoms with Crippen LogP contribution in [0.2, 0.25) is 0 Å². The topological polar surface area (TPSA) is 64.9 Å². The average Bonchev–Trinajstić information content (AvgIpc) is 2.68. The first-order valence-electron chi connectivity index (χ1n) is 6.76. The Labute approximate surface area is 113 Å². The number of amides is 1. The molecule has 1 heterocycles. The van der Waals surface area contributed by atoms with Crippen molar-refractivity contribution in [2.75, 3.05) is 11.9 Å². The van der Waals surface area contributed by atoms with E-state index in [0.29, 0.717) is 11.3 Å². The molecule has 1 fully saturated rings. The van der Waals surface area contributed by atoms with Gasteiger partial charge in [0.25, 0.3) is 0 Å². The van der Waals surface area contributed by atoms with Crippen LogP contribution in [-0.2, 0) is 4.79 Å². The fourth-order valence-electron chi connectivity index (χ4n) is 2.39. The summed E-state index contributed by atoms with van der Waals surface area (Å²) in [7, 11) is 0. The van der Waals surface area contributed by atoms with Crippen molar-refractivity contribution in [3.8, 4) is 6.07 Å². The summed E-state index contributed by atoms with van der Waals surface area (Å²) in [6.07, 6.45) is 4.23. The number of rotatable bonds is 2. The Hall–Kier alpha value is -1.86. The molecule has 0 radical (unpaired) electrons. The molecule has 1 saturated heterocycles. The first kappa shape index (κ1) is 13.6. The zero-order valence-corrected chi connectivity index (χ0v) is 11.2. The molecule has 4 heteroatoms. The number of carbonyl (C=O) groups excluding carboxylic acids is 1. The second-order valence-corrected chi connectivity index (χ2v) is 4.95. The van der Waals surface area contributed by atoms with Crippen molar-refractivity contribution in [3.05, 3.63) is 29.3 Å². The van der Waals surface area contributed by atoms with E-state index in [0.717, 1.165) is 31.4 Å². The minimum Gasteiger partial charge on any atom is -0.324 e. The van der Waals surface area contributed by atoms with E-state index < -0.39 is 0 Å². The monoisotopic (exact) mass is 257 g/mol. The van der Waals surface area contributed by atoms with Crippen LogP contribution >= 0.6 is 0 Å². The molecule has 1 aliphatic rings. The first-order valence-corrected chi connectivity index (χ1v) is 6.76. The lowest BCUT2D eigenvalue weighted by molar-refractivity contribution is -0.118. The Morgan fingerprint density at radius 3 is 3.05 bits per heavy atom. The van der Waals surface area contributed by atoms with E-state index in [1.54, 1.807) is 6.07 Å². The number of carbonyl (C=O) groups is 1. The number of aryl methyl sites for hydroxylation is 1. The third kappa shape index (κ3) is 3.33. The number of nitrogens with one attached hydrogen (secondary N) is 2. The Morgan fingerprint density at radius 1 is 1.42 bits per heavy atom. The van der Waals surface area contributed by atoms with E-state index in [1.165, 1.54) is 6.42 Å². The molecule has 2 rings (SSSR count). The standard InChI is InChI=1S/C15H19N3O/c1-11-6-5-8-13(12(11)10-16)18-15(19)14-7-3-2-4-9-17-14/h5-6,8,14,17H,2-4,7,9H2,1H3,(H,18,19). The van der Waals surface area contributed by atoms with Crippen LogP contribution in [0.5, 0.6) is 0 Å². The van der Waals surface area contributed by atoms with Gasteiger partial charge in [0.05, 0.1) is 17.3 Å². The molecule has 0 spiro atoms. The summed E-state index contributed by atoms with van der Waals surface area (Å²) in [5.74, 6) is -0.0380. The van der Waals surface area contributed by atoms with Gasteiger partial charge in [0.15, 0.2) is 0 Å². The smallest absolute Gasteiger partial charge is 0.241 e. The first-order chi connectivity index (χ1) is 9.22. The number of hydrogen-bond donors (Lipinski definition) is 2. The second kappa shape index (κ2) is 6.35. The molecule has 4 nitrogen and oxygen atoms in total. The predicted octanol–water partition coefficient (Wildman–Crippen LogP) is 2.34. The van der Waals surface area contributed by atoms with Crippen LogP contribution in [0.3, 0.4) is 0 Å². The van der Waals surface area contributed by atoms with Crippen molar-refractivity contribution >= 4 is 11.6 Å². The zero-order chi connectivity index (χ0) is 13.7. The maximum atomic E-state index is 12.2. The second-order valence-electron chi connectivity index (χ2n) is 4.95. The van der Waals surface area contributed by atoms with Gasteiger partial charge in [-0.05, 0) is 37.9 Å². The molecule has 19 heavy (non-hydrogen) atoms. The molecule has 1 unspecified atom stereocenters. The quantitative estimate of drug-likeness (QED) is 0.854. The molecule has 1 aliphatic heterocycles. The molecule has 1 atom stereocenters. The summed E-state index contributed by atoms with van der Waals surface area (Å²) < 4.78 is 0. The normalized spacial score (nSPS) is 19.3. The van der Waals surface area contributed by atoms with Crippen LogP contribution in [0.15, 0.2) is 18.2 Å². The minimum atomic E-state index is -0.144. The van der Waals surface area contributed by atoms with E-state index in [4.69, 9.17) is 5.26 Å². The van der Waals surface area contributed by atoms with E-state index in [9.17, 15) is 4.79 Å². The molecule has 2 N–H and O–H groups in total. The van der Waals surface area contributed by atoms with Crippen molar-refractivity contribution in [3.63, 3.8) is 0 Å². The molecule has 1 aromatic rings. The Kier molecular flexibility index (Phi) is 4.53. The molecule has 0 bridgehead atoms. The van der Waals surface area contributed by atoms with Gasteiger partial charge in [0.1, 0.15) is 6.07 Å². The number of nitrogens with zero attached hydrogens (tertiary/aromatic N) is 1. The van der Waals surface area contributed by atoms with Crippen LogP contribution in [-0.4, -0.2) is 18.5 Å². The summed E-state index contributed by atoms with van der Waals surface area (Å²) in [4.78, 5) is 12.2. The number of anilines is 1. The lowest BCUT2D eigenvalue weighted by Crippen LogP contribution is -2.40. The molecule has 1 aromatic carbocycles. The predicted molar refractivity (Wildman–Crippen MR) is 74.8 cm³/mol. The van der Waals surface area contributed by atoms with Crippen LogP contribution in [0.1, 0.15) is 36.8 Å². The van der Waals surface area contributed by atoms with Crippen molar-refractivity contribution < 1.29 is 4.79 Å². The SMILES string of the molecule is Cc1cccc(NC(=O)C2CCCCCN2)c1C#N. The molecule has 100 valence electrons. The lowest BCUT2D eigenvalue weighted by Gasteiger charge is -2.16. The van der Waals surface area contributed by atoms with Gasteiger partial charge in [-0.25, -0.2) is 0 Å². The van der Waals surface area contributed by atoms with Crippen LogP contribution in [0, 0.1) is 18.3 Å². The minimum absolute atomic E-state index is 0.0380. The highest BCUT2D eigenvalue weighted by molar-refractivity contribution is 5.96. The van der Waals surface area contributed by atoms with Gasteiger partial charge in [-0.2, -0.15) is 5.26 Å². The lowest BCUT2D eigenvalue weighted by atomic mass is 10.1. The highest BCUT2D eigenvalue weighted by atomic mass is 16.2. The van der Waals surface area contributed by atoms with E-state index >= 15 is 0 Å². The number of hydrogen-bond acceptors (Lipinski definition) is 3. The third-order valence-electron chi connectivity index (χ3n) is 3.52. The Bertz CT molecular complexity index is 497. The van der Waals surface area contributed by atoms with E-state index in [2.05, 4.69) is 16.7 Å². The van der Waals surface area contributed by atoms with Gasteiger partial charge in [-0.1, -0.05) is 25.0 Å². The van der Waals surface area contributed by atoms with E-state index in [-0.39, 0.29) is 11.9 Å². The summed E-state index contributed by atoms with van der Waals surface area (Å²) >= 11 is 0. The van der Waals surface area contributed by atoms with Crippen LogP contribution < -0.4 is 10.6 Å². The van der Waals surface area contributed by atoms with Gasteiger partial charge >= 0.3 is 0 Å². The molecular weight excluding hydrogens is 238 g/mol. The summed E-state index contributed by atoms with van der Waals surface area (Å²) in [5, 5.41) is 15.3.